The van der Waals surface area contributed by atoms with Crippen molar-refractivity contribution in [2.24, 2.45) is 0 Å². The molecule has 4 heteroatoms. The maximum absolute atomic E-state index is 5.86. The molecule has 0 saturated carbocycles. The maximum Gasteiger partial charge on any atom is 0.152 e. The van der Waals surface area contributed by atoms with E-state index in [0.717, 1.165) is 49.6 Å². The van der Waals surface area contributed by atoms with Gasteiger partial charge in [-0.2, -0.15) is 0 Å². The Morgan fingerprint density at radius 1 is 0.955 bits per heavy atom. The molecule has 0 N–H and O–H groups in total. The Balaban J connectivity index is 1.39. The lowest BCUT2D eigenvalue weighted by Gasteiger charge is -2.35. The third kappa shape index (κ3) is 2.70. The summed E-state index contributed by atoms with van der Waals surface area (Å²) in [5, 5.41) is 0. The monoisotopic (exact) mass is 293 g/mol. The van der Waals surface area contributed by atoms with Crippen LogP contribution in [-0.2, 0) is 6.54 Å². The van der Waals surface area contributed by atoms with Crippen LogP contribution in [0.2, 0.25) is 0 Å². The van der Waals surface area contributed by atoms with Crippen LogP contribution in [0.3, 0.4) is 0 Å². The number of aromatic nitrogens is 1. The third-order valence-corrected chi connectivity index (χ3v) is 4.21. The summed E-state index contributed by atoms with van der Waals surface area (Å²) >= 11 is 0. The number of para-hydroxylation sites is 1. The van der Waals surface area contributed by atoms with Crippen molar-refractivity contribution in [3.63, 3.8) is 0 Å². The first kappa shape index (κ1) is 13.3. The van der Waals surface area contributed by atoms with Crippen molar-refractivity contribution in [1.29, 1.82) is 0 Å². The zero-order valence-corrected chi connectivity index (χ0v) is 12.5. The first-order chi connectivity index (χ1) is 10.9. The van der Waals surface area contributed by atoms with E-state index in [1.165, 1.54) is 5.69 Å². The summed E-state index contributed by atoms with van der Waals surface area (Å²) < 4.78 is 5.86. The van der Waals surface area contributed by atoms with Crippen molar-refractivity contribution >= 4 is 16.8 Å². The summed E-state index contributed by atoms with van der Waals surface area (Å²) in [6.07, 6.45) is 1.81. The quantitative estimate of drug-likeness (QED) is 0.742. The van der Waals surface area contributed by atoms with Crippen molar-refractivity contribution in [2.75, 3.05) is 31.1 Å². The smallest absolute Gasteiger partial charge is 0.152 e. The van der Waals surface area contributed by atoms with Gasteiger partial charge in [0.05, 0.1) is 6.54 Å². The zero-order valence-electron chi connectivity index (χ0n) is 12.5. The molecule has 112 valence electrons. The van der Waals surface area contributed by atoms with E-state index in [4.69, 9.17) is 4.42 Å². The molecule has 1 fully saturated rings. The van der Waals surface area contributed by atoms with Crippen molar-refractivity contribution in [3.8, 4) is 0 Å². The molecular formula is C18H19N3O. The van der Waals surface area contributed by atoms with Gasteiger partial charge in [-0.1, -0.05) is 18.2 Å². The van der Waals surface area contributed by atoms with E-state index in [-0.39, 0.29) is 0 Å². The Hall–Kier alpha value is -2.33. The average molecular weight is 293 g/mol. The van der Waals surface area contributed by atoms with Gasteiger partial charge in [0.15, 0.2) is 5.58 Å². The minimum absolute atomic E-state index is 0.860. The van der Waals surface area contributed by atoms with Crippen LogP contribution in [0, 0.1) is 0 Å². The molecular weight excluding hydrogens is 274 g/mol. The zero-order chi connectivity index (χ0) is 14.8. The van der Waals surface area contributed by atoms with Crippen molar-refractivity contribution in [3.05, 3.63) is 60.5 Å². The van der Waals surface area contributed by atoms with E-state index in [1.807, 2.05) is 12.1 Å². The number of furan rings is 1. The predicted molar refractivity (Wildman–Crippen MR) is 87.9 cm³/mol. The number of piperazine rings is 1. The highest BCUT2D eigenvalue weighted by Crippen LogP contribution is 2.20. The van der Waals surface area contributed by atoms with E-state index in [2.05, 4.69) is 51.2 Å². The highest BCUT2D eigenvalue weighted by atomic mass is 16.3. The summed E-state index contributed by atoms with van der Waals surface area (Å²) in [6.45, 7) is 5.09. The first-order valence-corrected chi connectivity index (χ1v) is 7.74. The minimum atomic E-state index is 0.860. The summed E-state index contributed by atoms with van der Waals surface area (Å²) in [4.78, 5) is 9.21. The van der Waals surface area contributed by atoms with Crippen molar-refractivity contribution in [2.45, 2.75) is 6.54 Å². The molecule has 0 amide bonds. The topological polar surface area (TPSA) is 32.5 Å². The van der Waals surface area contributed by atoms with E-state index >= 15 is 0 Å². The van der Waals surface area contributed by atoms with Gasteiger partial charge in [0, 0.05) is 44.1 Å². The number of nitrogens with zero attached hydrogens (tertiary/aromatic N) is 3. The Morgan fingerprint density at radius 3 is 2.55 bits per heavy atom. The van der Waals surface area contributed by atoms with Gasteiger partial charge < -0.3 is 9.32 Å². The fraction of sp³-hybridized carbons (Fsp3) is 0.278. The normalized spacial score (nSPS) is 16.3. The summed E-state index contributed by atoms with van der Waals surface area (Å²) in [5.74, 6) is 1.00. The molecule has 0 aliphatic carbocycles. The molecule has 0 bridgehead atoms. The summed E-state index contributed by atoms with van der Waals surface area (Å²) in [5.41, 5.74) is 3.14. The van der Waals surface area contributed by atoms with Crippen LogP contribution < -0.4 is 4.90 Å². The summed E-state index contributed by atoms with van der Waals surface area (Å²) in [7, 11) is 0. The maximum atomic E-state index is 5.86. The SMILES string of the molecule is c1ccc(N2CCN(Cc3cc4ncccc4o3)CC2)cc1. The predicted octanol–water partition coefficient (Wildman–Crippen LogP) is 3.15. The van der Waals surface area contributed by atoms with Crippen LogP contribution >= 0.6 is 0 Å². The number of pyridine rings is 1. The number of fused-ring (bicyclic) bond motifs is 1. The highest BCUT2D eigenvalue weighted by molar-refractivity contribution is 5.72. The molecule has 22 heavy (non-hydrogen) atoms. The van der Waals surface area contributed by atoms with Crippen molar-refractivity contribution in [1.82, 2.24) is 9.88 Å². The molecule has 1 aromatic carbocycles. The van der Waals surface area contributed by atoms with E-state index in [1.54, 1.807) is 6.20 Å². The van der Waals surface area contributed by atoms with Gasteiger partial charge in [0.2, 0.25) is 0 Å². The second-order valence-corrected chi connectivity index (χ2v) is 5.70. The highest BCUT2D eigenvalue weighted by Gasteiger charge is 2.18. The molecule has 2 aromatic heterocycles. The average Bonchev–Trinajstić information content (AvgIpc) is 2.98. The van der Waals surface area contributed by atoms with Gasteiger partial charge in [-0.05, 0) is 24.3 Å². The van der Waals surface area contributed by atoms with Gasteiger partial charge in [-0.15, -0.1) is 0 Å². The molecule has 4 nitrogen and oxygen atoms in total. The molecule has 0 spiro atoms. The van der Waals surface area contributed by atoms with Gasteiger partial charge in [-0.25, -0.2) is 0 Å². The number of anilines is 1. The fourth-order valence-corrected chi connectivity index (χ4v) is 3.02. The second-order valence-electron chi connectivity index (χ2n) is 5.70. The minimum Gasteiger partial charge on any atom is -0.458 e. The van der Waals surface area contributed by atoms with Crippen LogP contribution in [0.4, 0.5) is 5.69 Å². The molecule has 1 saturated heterocycles. The molecule has 3 aromatic rings. The van der Waals surface area contributed by atoms with E-state index in [0.29, 0.717) is 0 Å². The van der Waals surface area contributed by atoms with Gasteiger partial charge in [-0.3, -0.25) is 9.88 Å². The van der Waals surface area contributed by atoms with E-state index in [9.17, 15) is 0 Å². The largest absolute Gasteiger partial charge is 0.458 e. The van der Waals surface area contributed by atoms with Crippen LogP contribution in [0.1, 0.15) is 5.76 Å². The molecule has 3 heterocycles. The third-order valence-electron chi connectivity index (χ3n) is 4.21. The fourth-order valence-electron chi connectivity index (χ4n) is 3.02. The van der Waals surface area contributed by atoms with Crippen LogP contribution in [-0.4, -0.2) is 36.1 Å². The van der Waals surface area contributed by atoms with Crippen LogP contribution in [0.15, 0.2) is 59.1 Å². The number of rotatable bonds is 3. The van der Waals surface area contributed by atoms with E-state index < -0.39 is 0 Å². The summed E-state index contributed by atoms with van der Waals surface area (Å²) in [6, 6.07) is 16.6. The molecule has 1 aliphatic rings. The van der Waals surface area contributed by atoms with Crippen LogP contribution in [0.25, 0.3) is 11.1 Å². The Bertz CT molecular complexity index is 712. The second kappa shape index (κ2) is 5.81. The molecule has 1 aliphatic heterocycles. The van der Waals surface area contributed by atoms with Gasteiger partial charge in [0.25, 0.3) is 0 Å². The number of hydrogen-bond acceptors (Lipinski definition) is 4. The molecule has 0 atom stereocenters. The first-order valence-electron chi connectivity index (χ1n) is 7.74. The van der Waals surface area contributed by atoms with Gasteiger partial charge in [0.1, 0.15) is 11.3 Å². The Labute approximate surface area is 130 Å². The number of hydrogen-bond donors (Lipinski definition) is 0. The standard InChI is InChI=1S/C18H19N3O/c1-2-5-15(6-3-1)21-11-9-20(10-12-21)14-16-13-17-18(22-16)7-4-8-19-17/h1-8,13H,9-12,14H2. The number of benzene rings is 1. The Kier molecular flexibility index (Phi) is 3.52. The lowest BCUT2D eigenvalue weighted by Crippen LogP contribution is -2.45. The Morgan fingerprint density at radius 2 is 1.77 bits per heavy atom. The van der Waals surface area contributed by atoms with Crippen LogP contribution in [0.5, 0.6) is 0 Å². The lowest BCUT2D eigenvalue weighted by molar-refractivity contribution is 0.233. The lowest BCUT2D eigenvalue weighted by atomic mass is 10.2. The molecule has 4 rings (SSSR count). The van der Waals surface area contributed by atoms with Crippen molar-refractivity contribution < 1.29 is 4.42 Å². The molecule has 0 unspecified atom stereocenters. The van der Waals surface area contributed by atoms with Gasteiger partial charge >= 0.3 is 0 Å². The molecule has 0 radical (unpaired) electrons.